The molecule has 4 rings (SSSR count). The average molecular weight is 453 g/mol. The summed E-state index contributed by atoms with van der Waals surface area (Å²) in [6.45, 7) is 3.65. The van der Waals surface area contributed by atoms with E-state index in [1.807, 2.05) is 39.2 Å². The van der Waals surface area contributed by atoms with Crippen molar-refractivity contribution < 1.29 is 4.39 Å². The van der Waals surface area contributed by atoms with Gasteiger partial charge in [0.2, 0.25) is 0 Å². The van der Waals surface area contributed by atoms with E-state index in [-0.39, 0.29) is 5.82 Å². The predicted molar refractivity (Wildman–Crippen MR) is 130 cm³/mol. The maximum atomic E-state index is 14.8. The number of aromatic nitrogens is 3. The molecule has 0 aliphatic rings. The summed E-state index contributed by atoms with van der Waals surface area (Å²) in [4.78, 5) is 6.86. The second-order valence-corrected chi connectivity index (χ2v) is 8.48. The van der Waals surface area contributed by atoms with E-state index in [1.165, 1.54) is 6.07 Å². The Hall–Kier alpha value is -3.16. The number of fused-ring (bicyclic) bond motifs is 1. The topological polar surface area (TPSA) is 71.5 Å². The van der Waals surface area contributed by atoms with Crippen molar-refractivity contribution in [2.75, 3.05) is 38.2 Å². The summed E-state index contributed by atoms with van der Waals surface area (Å²) in [6.07, 6.45) is 2.59. The fourth-order valence-corrected chi connectivity index (χ4v) is 3.98. The van der Waals surface area contributed by atoms with E-state index in [4.69, 9.17) is 22.3 Å². The zero-order valence-corrected chi connectivity index (χ0v) is 19.1. The van der Waals surface area contributed by atoms with Crippen molar-refractivity contribution in [3.8, 4) is 22.3 Å². The summed E-state index contributed by atoms with van der Waals surface area (Å²) in [5.74, 6) is 0.0927. The van der Waals surface area contributed by atoms with Crippen LogP contribution in [0.25, 0.3) is 27.9 Å². The minimum Gasteiger partial charge on any atom is -0.385 e. The zero-order chi connectivity index (χ0) is 22.8. The van der Waals surface area contributed by atoms with Gasteiger partial charge in [-0.1, -0.05) is 23.7 Å². The number of hydrogen-bond donors (Lipinski definition) is 2. The lowest BCUT2D eigenvalue weighted by molar-refractivity contribution is 0.405. The van der Waals surface area contributed by atoms with Gasteiger partial charge in [0.25, 0.3) is 0 Å². The minimum absolute atomic E-state index is 0.337. The predicted octanol–water partition coefficient (Wildman–Crippen LogP) is 5.11. The molecule has 0 spiro atoms. The molecule has 0 amide bonds. The molecule has 2 heterocycles. The van der Waals surface area contributed by atoms with Crippen LogP contribution in [0.5, 0.6) is 0 Å². The number of benzene rings is 2. The van der Waals surface area contributed by atoms with Crippen LogP contribution < -0.4 is 11.1 Å². The monoisotopic (exact) mass is 452 g/mol. The number of halogens is 2. The SMILES string of the molecule is Cc1nc2c(-c3cc(NCCCN(C)C)ccc3F)cnn2c(N)c1-c1cccc(Cl)c1. The van der Waals surface area contributed by atoms with E-state index in [0.717, 1.165) is 42.0 Å². The summed E-state index contributed by atoms with van der Waals surface area (Å²) < 4.78 is 16.4. The number of rotatable bonds is 7. The number of nitrogens with zero attached hydrogens (tertiary/aromatic N) is 4. The van der Waals surface area contributed by atoms with Crippen molar-refractivity contribution in [2.24, 2.45) is 0 Å². The van der Waals surface area contributed by atoms with Crippen LogP contribution in [0.15, 0.2) is 48.7 Å². The third-order valence-corrected chi connectivity index (χ3v) is 5.58. The maximum Gasteiger partial charge on any atom is 0.165 e. The summed E-state index contributed by atoms with van der Waals surface area (Å²) in [5.41, 5.74) is 11.2. The molecule has 4 aromatic rings. The van der Waals surface area contributed by atoms with E-state index < -0.39 is 0 Å². The van der Waals surface area contributed by atoms with E-state index >= 15 is 0 Å². The number of hydrogen-bond acceptors (Lipinski definition) is 5. The molecule has 0 saturated carbocycles. The Morgan fingerprint density at radius 2 is 1.97 bits per heavy atom. The Balaban J connectivity index is 1.72. The Kier molecular flexibility index (Phi) is 6.30. The van der Waals surface area contributed by atoms with E-state index in [0.29, 0.717) is 27.6 Å². The Morgan fingerprint density at radius 3 is 2.72 bits per heavy atom. The summed E-state index contributed by atoms with van der Waals surface area (Å²) in [5, 5.41) is 8.38. The van der Waals surface area contributed by atoms with Crippen molar-refractivity contribution in [2.45, 2.75) is 13.3 Å². The van der Waals surface area contributed by atoms with E-state index in [1.54, 1.807) is 28.9 Å². The molecule has 6 nitrogen and oxygen atoms in total. The zero-order valence-electron chi connectivity index (χ0n) is 18.4. The highest BCUT2D eigenvalue weighted by molar-refractivity contribution is 6.30. The highest BCUT2D eigenvalue weighted by atomic mass is 35.5. The number of nitrogens with one attached hydrogen (secondary N) is 1. The highest BCUT2D eigenvalue weighted by Gasteiger charge is 2.19. The number of aryl methyl sites for hydroxylation is 1. The second kappa shape index (κ2) is 9.14. The first-order chi connectivity index (χ1) is 15.3. The van der Waals surface area contributed by atoms with Crippen LogP contribution in [0.3, 0.4) is 0 Å². The molecular formula is C24H26ClFN6. The second-order valence-electron chi connectivity index (χ2n) is 8.04. The molecule has 0 atom stereocenters. The quantitative estimate of drug-likeness (QED) is 0.381. The Morgan fingerprint density at radius 1 is 1.16 bits per heavy atom. The van der Waals surface area contributed by atoms with Gasteiger partial charge < -0.3 is 16.0 Å². The molecule has 166 valence electrons. The molecule has 0 aliphatic carbocycles. The van der Waals surface area contributed by atoms with Gasteiger partial charge >= 0.3 is 0 Å². The molecule has 32 heavy (non-hydrogen) atoms. The van der Waals surface area contributed by atoms with Crippen LogP contribution in [0, 0.1) is 12.7 Å². The molecule has 0 aliphatic heterocycles. The van der Waals surface area contributed by atoms with Crippen LogP contribution >= 0.6 is 11.6 Å². The molecule has 0 bridgehead atoms. The van der Waals surface area contributed by atoms with Gasteiger partial charge in [-0.2, -0.15) is 9.61 Å². The number of nitrogen functional groups attached to an aromatic ring is 1. The summed E-state index contributed by atoms with van der Waals surface area (Å²) >= 11 is 6.16. The van der Waals surface area contributed by atoms with Crippen molar-refractivity contribution in [1.29, 1.82) is 0 Å². The first kappa shape index (κ1) is 22.0. The van der Waals surface area contributed by atoms with Crippen LogP contribution in [-0.2, 0) is 0 Å². The molecule has 2 aromatic carbocycles. The van der Waals surface area contributed by atoms with Crippen LogP contribution in [-0.4, -0.2) is 46.7 Å². The summed E-state index contributed by atoms with van der Waals surface area (Å²) in [6, 6.07) is 12.4. The van der Waals surface area contributed by atoms with Crippen molar-refractivity contribution >= 4 is 28.8 Å². The summed E-state index contributed by atoms with van der Waals surface area (Å²) in [7, 11) is 4.08. The van der Waals surface area contributed by atoms with Crippen LogP contribution in [0.4, 0.5) is 15.9 Å². The fourth-order valence-electron chi connectivity index (χ4n) is 3.79. The van der Waals surface area contributed by atoms with E-state index in [9.17, 15) is 4.39 Å². The highest BCUT2D eigenvalue weighted by Crippen LogP contribution is 2.34. The molecule has 8 heteroatoms. The largest absolute Gasteiger partial charge is 0.385 e. The smallest absolute Gasteiger partial charge is 0.165 e. The molecular weight excluding hydrogens is 427 g/mol. The first-order valence-electron chi connectivity index (χ1n) is 10.4. The van der Waals surface area contributed by atoms with Gasteiger partial charge in [0.15, 0.2) is 5.65 Å². The molecule has 0 fully saturated rings. The number of nitrogens with two attached hydrogens (primary N) is 1. The fraction of sp³-hybridized carbons (Fsp3) is 0.250. The molecule has 0 unspecified atom stereocenters. The lowest BCUT2D eigenvalue weighted by atomic mass is 10.0. The van der Waals surface area contributed by atoms with Crippen molar-refractivity contribution in [3.63, 3.8) is 0 Å². The van der Waals surface area contributed by atoms with Gasteiger partial charge in [0.1, 0.15) is 11.6 Å². The van der Waals surface area contributed by atoms with E-state index in [2.05, 4.69) is 15.3 Å². The first-order valence-corrected chi connectivity index (χ1v) is 10.8. The van der Waals surface area contributed by atoms with Gasteiger partial charge in [0, 0.05) is 33.9 Å². The van der Waals surface area contributed by atoms with Crippen LogP contribution in [0.1, 0.15) is 12.1 Å². The third kappa shape index (κ3) is 4.40. The number of anilines is 2. The minimum atomic E-state index is -0.337. The maximum absolute atomic E-state index is 14.8. The van der Waals surface area contributed by atoms with Gasteiger partial charge in [-0.25, -0.2) is 9.37 Å². The van der Waals surface area contributed by atoms with Gasteiger partial charge in [0.05, 0.1) is 11.9 Å². The molecule has 3 N–H and O–H groups in total. The van der Waals surface area contributed by atoms with Crippen LogP contribution in [0.2, 0.25) is 5.02 Å². The van der Waals surface area contributed by atoms with Gasteiger partial charge in [-0.3, -0.25) is 0 Å². The third-order valence-electron chi connectivity index (χ3n) is 5.34. The molecule has 0 saturated heterocycles. The Labute approximate surface area is 191 Å². The van der Waals surface area contributed by atoms with Crippen molar-refractivity contribution in [3.05, 3.63) is 65.2 Å². The van der Waals surface area contributed by atoms with Gasteiger partial charge in [-0.05, 0) is 69.9 Å². The normalized spacial score (nSPS) is 11.4. The average Bonchev–Trinajstić information content (AvgIpc) is 3.16. The lowest BCUT2D eigenvalue weighted by Gasteiger charge is -2.13. The molecule has 0 radical (unpaired) electrons. The van der Waals surface area contributed by atoms with Gasteiger partial charge in [-0.15, -0.1) is 0 Å². The van der Waals surface area contributed by atoms with Crippen molar-refractivity contribution in [1.82, 2.24) is 19.5 Å². The molecule has 2 aromatic heterocycles. The Bertz CT molecular complexity index is 1270. The standard InChI is InChI=1S/C24H26ClFN6/c1-15-22(16-6-4-7-17(25)12-16)23(27)32-24(30-15)20(14-29-32)19-13-18(8-9-21(19)26)28-10-5-11-31(2)3/h4,6-9,12-14,28H,5,10-11,27H2,1-3H3. The lowest BCUT2D eigenvalue weighted by Crippen LogP contribution is -2.16.